The highest BCUT2D eigenvalue weighted by molar-refractivity contribution is 4.80. The van der Waals surface area contributed by atoms with Crippen molar-refractivity contribution in [1.82, 2.24) is 5.32 Å². The largest absolute Gasteiger partial charge is 0.389 e. The molecule has 1 rings (SSSR count). The Morgan fingerprint density at radius 1 is 1.17 bits per heavy atom. The highest BCUT2D eigenvalue weighted by Gasteiger charge is 2.27. The van der Waals surface area contributed by atoms with Gasteiger partial charge in [-0.25, -0.2) is 0 Å². The monoisotopic (exact) mass is 257 g/mol. The molecule has 18 heavy (non-hydrogen) atoms. The van der Waals surface area contributed by atoms with E-state index < -0.39 is 0 Å². The van der Waals surface area contributed by atoms with Gasteiger partial charge in [-0.05, 0) is 50.5 Å². The standard InChI is InChI=1S/C15H31NO2/c1-11(2)7-13(4)18-10-15(17)9-16-8-12(3)14-5-6-14/h11-17H,5-10H2,1-4H3. The molecule has 0 aromatic rings. The van der Waals surface area contributed by atoms with Crippen LogP contribution in [0.15, 0.2) is 0 Å². The summed E-state index contributed by atoms with van der Waals surface area (Å²) in [5.41, 5.74) is 0. The number of aliphatic hydroxyl groups excluding tert-OH is 1. The van der Waals surface area contributed by atoms with E-state index in [1.54, 1.807) is 0 Å². The summed E-state index contributed by atoms with van der Waals surface area (Å²) in [5, 5.41) is 13.2. The molecule has 3 unspecified atom stereocenters. The minimum atomic E-state index is -0.383. The molecule has 0 bridgehead atoms. The van der Waals surface area contributed by atoms with E-state index in [9.17, 15) is 5.11 Å². The minimum absolute atomic E-state index is 0.241. The van der Waals surface area contributed by atoms with Gasteiger partial charge in [0.25, 0.3) is 0 Å². The first kappa shape index (κ1) is 15.9. The van der Waals surface area contributed by atoms with E-state index in [2.05, 4.69) is 33.0 Å². The maximum absolute atomic E-state index is 9.81. The molecule has 108 valence electrons. The number of rotatable bonds is 10. The van der Waals surface area contributed by atoms with Crippen molar-refractivity contribution < 1.29 is 9.84 Å². The van der Waals surface area contributed by atoms with Crippen molar-refractivity contribution in [3.05, 3.63) is 0 Å². The Balaban J connectivity index is 1.97. The van der Waals surface area contributed by atoms with Gasteiger partial charge in [-0.2, -0.15) is 0 Å². The predicted octanol–water partition coefficient (Wildman–Crippen LogP) is 2.43. The smallest absolute Gasteiger partial charge is 0.0897 e. The lowest BCUT2D eigenvalue weighted by atomic mass is 10.1. The van der Waals surface area contributed by atoms with Crippen LogP contribution >= 0.6 is 0 Å². The third kappa shape index (κ3) is 7.34. The second-order valence-electron chi connectivity index (χ2n) is 6.40. The fourth-order valence-corrected chi connectivity index (χ4v) is 2.38. The zero-order valence-electron chi connectivity index (χ0n) is 12.5. The van der Waals surface area contributed by atoms with Crippen LogP contribution in [-0.4, -0.2) is 37.0 Å². The Labute approximate surface area is 112 Å². The molecule has 0 spiro atoms. The van der Waals surface area contributed by atoms with Crippen molar-refractivity contribution in [3.63, 3.8) is 0 Å². The van der Waals surface area contributed by atoms with Crippen molar-refractivity contribution in [2.24, 2.45) is 17.8 Å². The van der Waals surface area contributed by atoms with Crippen LogP contribution in [0.5, 0.6) is 0 Å². The molecule has 0 radical (unpaired) electrons. The number of ether oxygens (including phenoxy) is 1. The van der Waals surface area contributed by atoms with Gasteiger partial charge in [-0.1, -0.05) is 20.8 Å². The van der Waals surface area contributed by atoms with Crippen LogP contribution in [-0.2, 0) is 4.74 Å². The highest BCUT2D eigenvalue weighted by Crippen LogP contribution is 2.35. The number of nitrogens with one attached hydrogen (secondary N) is 1. The molecule has 3 heteroatoms. The predicted molar refractivity (Wildman–Crippen MR) is 75.6 cm³/mol. The second-order valence-corrected chi connectivity index (χ2v) is 6.40. The fraction of sp³-hybridized carbons (Fsp3) is 1.00. The zero-order chi connectivity index (χ0) is 13.5. The molecule has 0 aromatic heterocycles. The first-order chi connectivity index (χ1) is 8.49. The van der Waals surface area contributed by atoms with Crippen LogP contribution in [0.3, 0.4) is 0 Å². The van der Waals surface area contributed by atoms with E-state index in [4.69, 9.17) is 4.74 Å². The molecule has 0 aromatic carbocycles. The van der Waals surface area contributed by atoms with E-state index in [0.29, 0.717) is 19.1 Å². The molecule has 0 aliphatic heterocycles. The number of hydrogen-bond acceptors (Lipinski definition) is 3. The molecule has 1 fully saturated rings. The summed E-state index contributed by atoms with van der Waals surface area (Å²) in [7, 11) is 0. The lowest BCUT2D eigenvalue weighted by molar-refractivity contribution is -0.00869. The summed E-state index contributed by atoms with van der Waals surface area (Å²) >= 11 is 0. The van der Waals surface area contributed by atoms with Crippen molar-refractivity contribution in [2.75, 3.05) is 19.7 Å². The van der Waals surface area contributed by atoms with Gasteiger partial charge in [0.2, 0.25) is 0 Å². The van der Waals surface area contributed by atoms with Crippen molar-refractivity contribution >= 4 is 0 Å². The van der Waals surface area contributed by atoms with Gasteiger partial charge >= 0.3 is 0 Å². The molecular weight excluding hydrogens is 226 g/mol. The third-order valence-electron chi connectivity index (χ3n) is 3.65. The van der Waals surface area contributed by atoms with Crippen molar-refractivity contribution in [3.8, 4) is 0 Å². The van der Waals surface area contributed by atoms with Crippen LogP contribution in [0.25, 0.3) is 0 Å². The molecule has 0 saturated heterocycles. The van der Waals surface area contributed by atoms with E-state index in [-0.39, 0.29) is 12.2 Å². The number of hydrogen-bond donors (Lipinski definition) is 2. The summed E-state index contributed by atoms with van der Waals surface area (Å²) in [6.45, 7) is 10.9. The van der Waals surface area contributed by atoms with Crippen LogP contribution in [0.1, 0.15) is 47.0 Å². The lowest BCUT2D eigenvalue weighted by Crippen LogP contribution is -2.34. The number of aliphatic hydroxyl groups is 1. The molecule has 2 N–H and O–H groups in total. The summed E-state index contributed by atoms with van der Waals surface area (Å²) in [5.74, 6) is 2.32. The topological polar surface area (TPSA) is 41.5 Å². The summed E-state index contributed by atoms with van der Waals surface area (Å²) in [6.07, 6.45) is 3.69. The Kier molecular flexibility index (Phi) is 7.20. The van der Waals surface area contributed by atoms with Gasteiger partial charge in [-0.15, -0.1) is 0 Å². The Hall–Kier alpha value is -0.120. The van der Waals surface area contributed by atoms with E-state index in [1.165, 1.54) is 12.8 Å². The third-order valence-corrected chi connectivity index (χ3v) is 3.65. The van der Waals surface area contributed by atoms with Crippen LogP contribution < -0.4 is 5.32 Å². The van der Waals surface area contributed by atoms with E-state index >= 15 is 0 Å². The summed E-state index contributed by atoms with van der Waals surface area (Å²) in [6, 6.07) is 0. The Bertz CT molecular complexity index is 217. The van der Waals surface area contributed by atoms with Gasteiger partial charge < -0.3 is 15.2 Å². The molecular formula is C15H31NO2. The minimum Gasteiger partial charge on any atom is -0.389 e. The fourth-order valence-electron chi connectivity index (χ4n) is 2.38. The lowest BCUT2D eigenvalue weighted by Gasteiger charge is -2.19. The normalized spacial score (nSPS) is 21.0. The van der Waals surface area contributed by atoms with Gasteiger partial charge in [0, 0.05) is 6.54 Å². The molecule has 1 aliphatic carbocycles. The van der Waals surface area contributed by atoms with Crippen LogP contribution in [0.2, 0.25) is 0 Å². The molecule has 1 saturated carbocycles. The molecule has 1 aliphatic rings. The quantitative estimate of drug-likeness (QED) is 0.631. The average molecular weight is 257 g/mol. The molecule has 0 heterocycles. The first-order valence-electron chi connectivity index (χ1n) is 7.49. The molecule has 3 atom stereocenters. The Morgan fingerprint density at radius 2 is 1.83 bits per heavy atom. The molecule has 3 nitrogen and oxygen atoms in total. The van der Waals surface area contributed by atoms with Gasteiger partial charge in [-0.3, -0.25) is 0 Å². The first-order valence-corrected chi connectivity index (χ1v) is 7.49. The van der Waals surface area contributed by atoms with Crippen molar-refractivity contribution in [2.45, 2.75) is 59.2 Å². The van der Waals surface area contributed by atoms with Gasteiger partial charge in [0.15, 0.2) is 0 Å². The van der Waals surface area contributed by atoms with E-state index in [0.717, 1.165) is 24.8 Å². The van der Waals surface area contributed by atoms with Crippen molar-refractivity contribution in [1.29, 1.82) is 0 Å². The van der Waals surface area contributed by atoms with Crippen LogP contribution in [0, 0.1) is 17.8 Å². The SMILES string of the molecule is CC(C)CC(C)OCC(O)CNCC(C)C1CC1. The average Bonchev–Trinajstić information content (AvgIpc) is 3.09. The highest BCUT2D eigenvalue weighted by atomic mass is 16.5. The second kappa shape index (κ2) is 8.13. The van der Waals surface area contributed by atoms with E-state index in [1.807, 2.05) is 0 Å². The summed E-state index contributed by atoms with van der Waals surface area (Å²) in [4.78, 5) is 0. The summed E-state index contributed by atoms with van der Waals surface area (Å²) < 4.78 is 5.64. The zero-order valence-corrected chi connectivity index (χ0v) is 12.5. The van der Waals surface area contributed by atoms with Gasteiger partial charge in [0.1, 0.15) is 0 Å². The molecule has 0 amide bonds. The maximum Gasteiger partial charge on any atom is 0.0897 e. The van der Waals surface area contributed by atoms with Crippen LogP contribution in [0.4, 0.5) is 0 Å². The Morgan fingerprint density at radius 3 is 2.39 bits per heavy atom. The van der Waals surface area contributed by atoms with Gasteiger partial charge in [0.05, 0.1) is 18.8 Å². The maximum atomic E-state index is 9.81.